The van der Waals surface area contributed by atoms with E-state index in [-0.39, 0.29) is 22.2 Å². The maximum Gasteiger partial charge on any atom is 0.352 e. The van der Waals surface area contributed by atoms with Crippen molar-refractivity contribution in [1.29, 1.82) is 0 Å². The highest BCUT2D eigenvalue weighted by molar-refractivity contribution is 8.00. The highest BCUT2D eigenvalue weighted by atomic mass is 32.2. The molecule has 3 heterocycles. The predicted molar refractivity (Wildman–Crippen MR) is 95.4 cm³/mol. The maximum absolute atomic E-state index is 12.5. The van der Waals surface area contributed by atoms with Crippen LogP contribution in [-0.4, -0.2) is 62.8 Å². The molecule has 2 amide bonds. The summed E-state index contributed by atoms with van der Waals surface area (Å²) in [5.41, 5.74) is 6.27. The van der Waals surface area contributed by atoms with Crippen LogP contribution in [0.2, 0.25) is 0 Å². The second-order valence-electron chi connectivity index (χ2n) is 5.49. The van der Waals surface area contributed by atoms with Crippen LogP contribution < -0.4 is 11.1 Å². The number of rotatable bonds is 5. The van der Waals surface area contributed by atoms with Crippen molar-refractivity contribution in [3.8, 4) is 0 Å². The molecule has 1 aromatic heterocycles. The van der Waals surface area contributed by atoms with Crippen molar-refractivity contribution < 1.29 is 24.3 Å². The van der Waals surface area contributed by atoms with Gasteiger partial charge in [-0.05, 0) is 12.5 Å². The molecule has 0 aromatic carbocycles. The van der Waals surface area contributed by atoms with Gasteiger partial charge in [0.05, 0.1) is 0 Å². The van der Waals surface area contributed by atoms with Crippen LogP contribution in [0, 0.1) is 0 Å². The molecule has 26 heavy (non-hydrogen) atoms. The number of hydrogen-bond donors (Lipinski definition) is 3. The zero-order chi connectivity index (χ0) is 19.0. The van der Waals surface area contributed by atoms with Crippen LogP contribution in [0.4, 0.5) is 5.13 Å². The molecule has 12 heteroatoms. The Kier molecular flexibility index (Phi) is 4.87. The molecule has 0 unspecified atom stereocenters. The number of carboxylic acids is 1. The van der Waals surface area contributed by atoms with Crippen LogP contribution in [0.5, 0.6) is 0 Å². The number of oxime groups is 1. The SMILES string of the molecule is CON=C(C(=O)N[C@@H]1C(=O)N2C(C(=O)O)=C(C)CS[C@@H]12)c1csc(N)n1. The third-order valence-electron chi connectivity index (χ3n) is 3.81. The Morgan fingerprint density at radius 3 is 2.85 bits per heavy atom. The first-order chi connectivity index (χ1) is 12.3. The number of thioether (sulfide) groups is 1. The van der Waals surface area contributed by atoms with Gasteiger partial charge in [-0.3, -0.25) is 14.5 Å². The molecule has 0 spiro atoms. The van der Waals surface area contributed by atoms with Crippen molar-refractivity contribution in [2.45, 2.75) is 18.3 Å². The van der Waals surface area contributed by atoms with E-state index >= 15 is 0 Å². The van der Waals surface area contributed by atoms with Crippen molar-refractivity contribution >= 4 is 51.7 Å². The molecule has 2 atom stereocenters. The number of nitrogens with two attached hydrogens (primary N) is 1. The molecule has 1 saturated heterocycles. The van der Waals surface area contributed by atoms with E-state index in [0.717, 1.165) is 11.3 Å². The Morgan fingerprint density at radius 1 is 1.54 bits per heavy atom. The normalized spacial score (nSPS) is 22.6. The number of amides is 2. The van der Waals surface area contributed by atoms with E-state index in [1.165, 1.54) is 23.8 Å². The van der Waals surface area contributed by atoms with Crippen LogP contribution >= 0.6 is 23.1 Å². The predicted octanol–water partition coefficient (Wildman–Crippen LogP) is -0.166. The van der Waals surface area contributed by atoms with Crippen LogP contribution in [0.1, 0.15) is 12.6 Å². The van der Waals surface area contributed by atoms with Crippen molar-refractivity contribution in [3.63, 3.8) is 0 Å². The number of carboxylic acid groups (broad SMARTS) is 1. The Hall–Kier alpha value is -2.60. The number of fused-ring (bicyclic) bond motifs is 1. The van der Waals surface area contributed by atoms with Gasteiger partial charge in [0.2, 0.25) is 0 Å². The van der Waals surface area contributed by atoms with Crippen molar-refractivity contribution in [1.82, 2.24) is 15.2 Å². The molecule has 2 aliphatic heterocycles. The van der Waals surface area contributed by atoms with Crippen LogP contribution in [-0.2, 0) is 19.2 Å². The fourth-order valence-electron chi connectivity index (χ4n) is 2.68. The highest BCUT2D eigenvalue weighted by Crippen LogP contribution is 2.40. The molecule has 10 nitrogen and oxygen atoms in total. The van der Waals surface area contributed by atoms with Gasteiger partial charge in [0, 0.05) is 11.1 Å². The number of carbonyl (C=O) groups is 3. The summed E-state index contributed by atoms with van der Waals surface area (Å²) in [6, 6.07) is -0.854. The third-order valence-corrected chi connectivity index (χ3v) is 5.91. The van der Waals surface area contributed by atoms with Crippen LogP contribution in [0.3, 0.4) is 0 Å². The summed E-state index contributed by atoms with van der Waals surface area (Å²) in [5, 5.41) is 16.9. The molecule has 0 bridgehead atoms. The van der Waals surface area contributed by atoms with Gasteiger partial charge in [0.15, 0.2) is 10.8 Å². The summed E-state index contributed by atoms with van der Waals surface area (Å²) < 4.78 is 0. The molecule has 4 N–H and O–H groups in total. The van der Waals surface area contributed by atoms with E-state index in [4.69, 9.17) is 5.73 Å². The maximum atomic E-state index is 12.5. The van der Waals surface area contributed by atoms with Gasteiger partial charge in [0.1, 0.15) is 29.9 Å². The van der Waals surface area contributed by atoms with Gasteiger partial charge >= 0.3 is 5.97 Å². The monoisotopic (exact) mass is 397 g/mol. The second-order valence-corrected chi connectivity index (χ2v) is 7.48. The molecule has 1 aromatic rings. The molecule has 2 aliphatic rings. The minimum Gasteiger partial charge on any atom is -0.477 e. The Bertz CT molecular complexity index is 849. The van der Waals surface area contributed by atoms with E-state index in [9.17, 15) is 19.5 Å². The van der Waals surface area contributed by atoms with E-state index in [2.05, 4.69) is 20.3 Å². The van der Waals surface area contributed by atoms with Gasteiger partial charge in [0.25, 0.3) is 11.8 Å². The topological polar surface area (TPSA) is 147 Å². The number of thiazole rings is 1. The number of aromatic nitrogens is 1. The average molecular weight is 397 g/mol. The number of carbonyl (C=O) groups excluding carboxylic acids is 2. The molecular weight excluding hydrogens is 382 g/mol. The van der Waals surface area contributed by atoms with Gasteiger partial charge in [-0.2, -0.15) is 0 Å². The number of nitrogens with zero attached hydrogens (tertiary/aromatic N) is 3. The van der Waals surface area contributed by atoms with Gasteiger partial charge in [-0.1, -0.05) is 5.16 Å². The molecule has 0 aliphatic carbocycles. The summed E-state index contributed by atoms with van der Waals surface area (Å²) in [6.07, 6.45) is 0. The van der Waals surface area contributed by atoms with Gasteiger partial charge < -0.3 is 21.0 Å². The summed E-state index contributed by atoms with van der Waals surface area (Å²) in [6.45, 7) is 1.67. The van der Waals surface area contributed by atoms with Crippen molar-refractivity contribution in [3.05, 3.63) is 22.3 Å². The number of hydrogen-bond acceptors (Lipinski definition) is 9. The minimum absolute atomic E-state index is 0.0256. The fraction of sp³-hybridized carbons (Fsp3) is 0.357. The minimum atomic E-state index is -1.16. The Balaban J connectivity index is 1.78. The fourth-order valence-corrected chi connectivity index (χ4v) is 4.52. The van der Waals surface area contributed by atoms with Crippen molar-refractivity contribution in [2.24, 2.45) is 5.16 Å². The summed E-state index contributed by atoms with van der Waals surface area (Å²) in [7, 11) is 1.28. The second kappa shape index (κ2) is 6.96. The number of anilines is 1. The van der Waals surface area contributed by atoms with E-state index in [1.807, 2.05) is 0 Å². The number of aliphatic carboxylic acids is 1. The lowest BCUT2D eigenvalue weighted by atomic mass is 10.0. The number of nitrogens with one attached hydrogen (secondary N) is 1. The highest BCUT2D eigenvalue weighted by Gasteiger charge is 2.54. The average Bonchev–Trinajstić information content (AvgIpc) is 3.02. The standard InChI is InChI=1S/C14H15N5O5S2/c1-5-3-25-12-8(11(21)19(12)9(5)13(22)23)17-10(20)7(18-24-2)6-4-26-14(15)16-6/h4,8,12H,3H2,1-2H3,(H2,15,16)(H,17,20)(H,22,23)/t8-,12+/m1/s1. The summed E-state index contributed by atoms with van der Waals surface area (Å²) in [4.78, 5) is 46.2. The summed E-state index contributed by atoms with van der Waals surface area (Å²) >= 11 is 2.52. The van der Waals surface area contributed by atoms with Crippen LogP contribution in [0.25, 0.3) is 0 Å². The lowest BCUT2D eigenvalue weighted by Crippen LogP contribution is -2.71. The van der Waals surface area contributed by atoms with Crippen molar-refractivity contribution in [2.75, 3.05) is 18.6 Å². The largest absolute Gasteiger partial charge is 0.477 e. The first kappa shape index (κ1) is 18.2. The quantitative estimate of drug-likeness (QED) is 0.353. The molecule has 0 radical (unpaired) electrons. The molecule has 138 valence electrons. The van der Waals surface area contributed by atoms with Gasteiger partial charge in [-0.25, -0.2) is 9.78 Å². The molecule has 3 rings (SSSR count). The first-order valence-electron chi connectivity index (χ1n) is 7.36. The third kappa shape index (κ3) is 3.01. The number of nitrogen functional groups attached to an aromatic ring is 1. The Morgan fingerprint density at radius 2 is 2.27 bits per heavy atom. The molecular formula is C14H15N5O5S2. The van der Waals surface area contributed by atoms with E-state index < -0.39 is 29.2 Å². The zero-order valence-electron chi connectivity index (χ0n) is 13.8. The van der Waals surface area contributed by atoms with E-state index in [0.29, 0.717) is 11.3 Å². The number of β-lactam (4-membered cyclic amide) rings is 1. The summed E-state index contributed by atoms with van der Waals surface area (Å²) in [5.74, 6) is -1.84. The van der Waals surface area contributed by atoms with Crippen LogP contribution in [0.15, 0.2) is 21.8 Å². The van der Waals surface area contributed by atoms with E-state index in [1.54, 1.807) is 12.3 Å². The lowest BCUT2D eigenvalue weighted by molar-refractivity contribution is -0.150. The Labute approximate surface area is 156 Å². The lowest BCUT2D eigenvalue weighted by Gasteiger charge is -2.49. The molecule has 1 fully saturated rings. The van der Waals surface area contributed by atoms with Gasteiger partial charge in [-0.15, -0.1) is 23.1 Å². The molecule has 0 saturated carbocycles. The zero-order valence-corrected chi connectivity index (χ0v) is 15.4. The smallest absolute Gasteiger partial charge is 0.352 e. The first-order valence-corrected chi connectivity index (χ1v) is 9.29.